The van der Waals surface area contributed by atoms with Crippen LogP contribution in [0.5, 0.6) is 0 Å². The topological polar surface area (TPSA) is 40.5 Å². The number of carboxylic acids is 1. The Balaban J connectivity index is 1.87. The molecule has 1 fully saturated rings. The van der Waals surface area contributed by atoms with Gasteiger partial charge in [0, 0.05) is 19.5 Å². The van der Waals surface area contributed by atoms with Crippen LogP contribution in [0.1, 0.15) is 36.0 Å². The Morgan fingerprint density at radius 1 is 1.42 bits per heavy atom. The van der Waals surface area contributed by atoms with Gasteiger partial charge in [-0.25, -0.2) is 0 Å². The molecule has 0 aliphatic carbocycles. The highest BCUT2D eigenvalue weighted by atomic mass is 16.4. The molecule has 0 amide bonds. The van der Waals surface area contributed by atoms with E-state index in [9.17, 15) is 4.79 Å². The average Bonchev–Trinajstić information content (AvgIpc) is 2.79. The average molecular weight is 261 g/mol. The maximum atomic E-state index is 10.6. The van der Waals surface area contributed by atoms with E-state index in [0.29, 0.717) is 12.3 Å². The molecule has 0 spiro atoms. The number of aliphatic carboxylic acids is 1. The summed E-state index contributed by atoms with van der Waals surface area (Å²) >= 11 is 0. The Kier molecular flexibility index (Phi) is 4.59. The van der Waals surface area contributed by atoms with Crippen molar-refractivity contribution in [3.05, 3.63) is 34.9 Å². The zero-order valence-electron chi connectivity index (χ0n) is 11.9. The fourth-order valence-corrected chi connectivity index (χ4v) is 2.83. The van der Waals surface area contributed by atoms with Crippen molar-refractivity contribution < 1.29 is 9.90 Å². The quantitative estimate of drug-likeness (QED) is 0.885. The second kappa shape index (κ2) is 6.20. The lowest BCUT2D eigenvalue weighted by atomic mass is 10.0. The van der Waals surface area contributed by atoms with Crippen molar-refractivity contribution in [2.45, 2.75) is 39.7 Å². The minimum Gasteiger partial charge on any atom is -0.481 e. The van der Waals surface area contributed by atoms with Crippen LogP contribution in [0.4, 0.5) is 0 Å². The van der Waals surface area contributed by atoms with E-state index in [2.05, 4.69) is 36.9 Å². The molecule has 1 aromatic carbocycles. The molecule has 2 rings (SSSR count). The summed E-state index contributed by atoms with van der Waals surface area (Å²) in [5, 5.41) is 8.73. The zero-order chi connectivity index (χ0) is 13.8. The third-order valence-electron chi connectivity index (χ3n) is 4.04. The normalized spacial score (nSPS) is 19.8. The summed E-state index contributed by atoms with van der Waals surface area (Å²) in [6, 6.07) is 6.60. The largest absolute Gasteiger partial charge is 0.481 e. The van der Waals surface area contributed by atoms with Crippen LogP contribution in [0.2, 0.25) is 0 Å². The lowest BCUT2D eigenvalue weighted by Gasteiger charge is -2.18. The maximum Gasteiger partial charge on any atom is 0.303 e. The first-order chi connectivity index (χ1) is 9.04. The SMILES string of the molecule is Cc1ccc(C)c(CN2CCC(CCC(=O)O)C2)c1. The number of benzene rings is 1. The van der Waals surface area contributed by atoms with Crippen LogP contribution >= 0.6 is 0 Å². The molecule has 3 heteroatoms. The zero-order valence-corrected chi connectivity index (χ0v) is 11.9. The van der Waals surface area contributed by atoms with E-state index in [0.717, 1.165) is 32.5 Å². The molecule has 1 atom stereocenters. The van der Waals surface area contributed by atoms with E-state index < -0.39 is 5.97 Å². The number of hydrogen-bond acceptors (Lipinski definition) is 2. The van der Waals surface area contributed by atoms with E-state index >= 15 is 0 Å². The van der Waals surface area contributed by atoms with Gasteiger partial charge in [0.1, 0.15) is 0 Å². The van der Waals surface area contributed by atoms with Crippen LogP contribution in [0.25, 0.3) is 0 Å². The summed E-state index contributed by atoms with van der Waals surface area (Å²) < 4.78 is 0. The molecule has 1 N–H and O–H groups in total. The van der Waals surface area contributed by atoms with Gasteiger partial charge < -0.3 is 5.11 Å². The molecule has 1 aliphatic rings. The first-order valence-electron chi connectivity index (χ1n) is 7.05. The number of aryl methyl sites for hydroxylation is 2. The van der Waals surface area contributed by atoms with Crippen LogP contribution in [-0.2, 0) is 11.3 Å². The summed E-state index contributed by atoms with van der Waals surface area (Å²) in [4.78, 5) is 13.0. The maximum absolute atomic E-state index is 10.6. The van der Waals surface area contributed by atoms with Gasteiger partial charge in [-0.1, -0.05) is 23.8 Å². The molecule has 0 saturated carbocycles. The number of likely N-dealkylation sites (tertiary alicyclic amines) is 1. The molecule has 0 radical (unpaired) electrons. The van der Waals surface area contributed by atoms with Gasteiger partial charge >= 0.3 is 5.97 Å². The molecular formula is C16H23NO2. The Hall–Kier alpha value is -1.35. The van der Waals surface area contributed by atoms with Gasteiger partial charge in [-0.3, -0.25) is 9.69 Å². The number of rotatable bonds is 5. The number of hydrogen-bond donors (Lipinski definition) is 1. The van der Waals surface area contributed by atoms with E-state index in [1.807, 2.05) is 0 Å². The highest BCUT2D eigenvalue weighted by Crippen LogP contribution is 2.23. The third kappa shape index (κ3) is 4.06. The van der Waals surface area contributed by atoms with Gasteiger partial charge in [0.15, 0.2) is 0 Å². The van der Waals surface area contributed by atoms with Crippen LogP contribution in [0, 0.1) is 19.8 Å². The molecule has 1 aromatic rings. The van der Waals surface area contributed by atoms with E-state index in [-0.39, 0.29) is 0 Å². The van der Waals surface area contributed by atoms with Crippen molar-refractivity contribution in [3.63, 3.8) is 0 Å². The molecule has 0 bridgehead atoms. The Morgan fingerprint density at radius 2 is 2.21 bits per heavy atom. The van der Waals surface area contributed by atoms with Gasteiger partial charge in [-0.2, -0.15) is 0 Å². The smallest absolute Gasteiger partial charge is 0.303 e. The minimum atomic E-state index is -0.673. The fraction of sp³-hybridized carbons (Fsp3) is 0.562. The second-order valence-corrected chi connectivity index (χ2v) is 5.75. The summed E-state index contributed by atoms with van der Waals surface area (Å²) in [6.45, 7) is 7.42. The van der Waals surface area contributed by atoms with Gasteiger partial charge in [0.2, 0.25) is 0 Å². The van der Waals surface area contributed by atoms with Crippen molar-refractivity contribution in [1.29, 1.82) is 0 Å². The molecule has 104 valence electrons. The Morgan fingerprint density at radius 3 is 2.95 bits per heavy atom. The molecule has 0 aromatic heterocycles. The molecule has 1 saturated heterocycles. The van der Waals surface area contributed by atoms with Gasteiger partial charge in [-0.05, 0) is 50.3 Å². The van der Waals surface area contributed by atoms with Crippen molar-refractivity contribution in [3.8, 4) is 0 Å². The fourth-order valence-electron chi connectivity index (χ4n) is 2.83. The molecular weight excluding hydrogens is 238 g/mol. The predicted octanol–water partition coefficient (Wildman–Crippen LogP) is 2.99. The van der Waals surface area contributed by atoms with E-state index in [1.165, 1.54) is 16.7 Å². The van der Waals surface area contributed by atoms with Gasteiger partial charge in [0.05, 0.1) is 0 Å². The van der Waals surface area contributed by atoms with E-state index in [1.54, 1.807) is 0 Å². The van der Waals surface area contributed by atoms with Gasteiger partial charge in [-0.15, -0.1) is 0 Å². The third-order valence-corrected chi connectivity index (χ3v) is 4.04. The van der Waals surface area contributed by atoms with Crippen LogP contribution in [0.15, 0.2) is 18.2 Å². The highest BCUT2D eigenvalue weighted by molar-refractivity contribution is 5.66. The Labute approximate surface area is 115 Å². The van der Waals surface area contributed by atoms with Crippen molar-refractivity contribution >= 4 is 5.97 Å². The van der Waals surface area contributed by atoms with Crippen LogP contribution in [0.3, 0.4) is 0 Å². The van der Waals surface area contributed by atoms with Crippen molar-refractivity contribution in [2.24, 2.45) is 5.92 Å². The standard InChI is InChI=1S/C16H23NO2/c1-12-3-4-13(2)15(9-12)11-17-8-7-14(10-17)5-6-16(18)19/h3-4,9,14H,5-8,10-11H2,1-2H3,(H,18,19). The lowest BCUT2D eigenvalue weighted by molar-refractivity contribution is -0.137. The van der Waals surface area contributed by atoms with E-state index in [4.69, 9.17) is 5.11 Å². The minimum absolute atomic E-state index is 0.308. The van der Waals surface area contributed by atoms with Crippen LogP contribution < -0.4 is 0 Å². The number of carbonyl (C=O) groups is 1. The monoisotopic (exact) mass is 261 g/mol. The lowest BCUT2D eigenvalue weighted by Crippen LogP contribution is -2.21. The second-order valence-electron chi connectivity index (χ2n) is 5.75. The summed E-state index contributed by atoms with van der Waals surface area (Å²) in [6.07, 6.45) is 2.26. The van der Waals surface area contributed by atoms with Crippen molar-refractivity contribution in [1.82, 2.24) is 4.90 Å². The highest BCUT2D eigenvalue weighted by Gasteiger charge is 2.23. The summed E-state index contributed by atoms with van der Waals surface area (Å²) in [7, 11) is 0. The molecule has 19 heavy (non-hydrogen) atoms. The predicted molar refractivity (Wildman–Crippen MR) is 76.2 cm³/mol. The molecule has 1 aliphatic heterocycles. The molecule has 1 unspecified atom stereocenters. The number of nitrogens with zero attached hydrogens (tertiary/aromatic N) is 1. The van der Waals surface area contributed by atoms with Gasteiger partial charge in [0.25, 0.3) is 0 Å². The summed E-state index contributed by atoms with van der Waals surface area (Å²) in [5.74, 6) is -0.116. The first-order valence-corrected chi connectivity index (χ1v) is 7.05. The first kappa shape index (κ1) is 14.1. The molecule has 3 nitrogen and oxygen atoms in total. The van der Waals surface area contributed by atoms with Crippen LogP contribution in [-0.4, -0.2) is 29.1 Å². The van der Waals surface area contributed by atoms with Crippen molar-refractivity contribution in [2.75, 3.05) is 13.1 Å². The Bertz CT molecular complexity index is 456. The molecule has 1 heterocycles. The summed E-state index contributed by atoms with van der Waals surface area (Å²) in [5.41, 5.74) is 4.06. The number of carboxylic acid groups (broad SMARTS) is 1.